The number of aryl methyl sites for hydroxylation is 1. The van der Waals surface area contributed by atoms with Gasteiger partial charge in [-0.25, -0.2) is 0 Å². The molecule has 0 unspecified atom stereocenters. The lowest BCUT2D eigenvalue weighted by Gasteiger charge is -2.29. The van der Waals surface area contributed by atoms with Crippen molar-refractivity contribution in [2.24, 2.45) is 0 Å². The molecule has 0 amide bonds. The van der Waals surface area contributed by atoms with Crippen LogP contribution in [0, 0.1) is 6.92 Å². The molecule has 3 aromatic rings. The fourth-order valence-electron chi connectivity index (χ4n) is 4.06. The summed E-state index contributed by atoms with van der Waals surface area (Å²) in [5.41, 5.74) is 0.849. The smallest absolute Gasteiger partial charge is 0.312 e. The van der Waals surface area contributed by atoms with Crippen LogP contribution in [0.15, 0.2) is 42.5 Å². The minimum absolute atomic E-state index is 0.161. The third-order valence-electron chi connectivity index (χ3n) is 5.24. The van der Waals surface area contributed by atoms with Gasteiger partial charge in [-0.1, -0.05) is 44.2 Å². The Morgan fingerprint density at radius 1 is 1.07 bits per heavy atom. The highest BCUT2D eigenvalue weighted by molar-refractivity contribution is 6.57. The topological polar surface area (TPSA) is 55.4 Å². The quantitative estimate of drug-likeness (QED) is 0.286. The number of benzene rings is 3. The van der Waals surface area contributed by atoms with E-state index in [4.69, 9.17) is 12.6 Å². The van der Waals surface area contributed by atoms with Crippen LogP contribution in [-0.4, -0.2) is 33.1 Å². The van der Waals surface area contributed by atoms with E-state index in [0.717, 1.165) is 32.7 Å². The molecule has 4 nitrogen and oxygen atoms in total. The van der Waals surface area contributed by atoms with Crippen LogP contribution in [-0.2, 0) is 15.0 Å². The number of fused-ring (bicyclic) bond motifs is 2. The number of esters is 1. The number of hydrogen-bond acceptors (Lipinski definition) is 4. The summed E-state index contributed by atoms with van der Waals surface area (Å²) in [5, 5.41) is 7.01. The van der Waals surface area contributed by atoms with Crippen LogP contribution in [0.2, 0.25) is 0 Å². The van der Waals surface area contributed by atoms with E-state index in [1.54, 1.807) is 7.05 Å². The zero-order valence-electron chi connectivity index (χ0n) is 17.5. The van der Waals surface area contributed by atoms with Crippen molar-refractivity contribution in [3.05, 3.63) is 53.6 Å². The first-order chi connectivity index (χ1) is 13.7. The summed E-state index contributed by atoms with van der Waals surface area (Å²) in [6.07, 6.45) is 0.420. The SMILES string of the molecule is [B]C(=O)CC(C)(C)c1c(C)cc2cc3ccccc3cc2c1OC(=O)CCNC. The lowest BCUT2D eigenvalue weighted by molar-refractivity contribution is -0.134. The maximum atomic E-state index is 12.5. The van der Waals surface area contributed by atoms with Crippen molar-refractivity contribution < 1.29 is 14.3 Å². The van der Waals surface area contributed by atoms with Gasteiger partial charge in [0.1, 0.15) is 5.75 Å². The van der Waals surface area contributed by atoms with Crippen LogP contribution in [0.1, 0.15) is 37.8 Å². The second-order valence-corrected chi connectivity index (χ2v) is 8.17. The van der Waals surface area contributed by atoms with Gasteiger partial charge in [-0.3, -0.25) is 4.79 Å². The van der Waals surface area contributed by atoms with Crippen LogP contribution in [0.3, 0.4) is 0 Å². The summed E-state index contributed by atoms with van der Waals surface area (Å²) in [6.45, 7) is 6.43. The Bertz CT molecular complexity index is 1090. The van der Waals surface area contributed by atoms with Crippen molar-refractivity contribution in [3.63, 3.8) is 0 Å². The second-order valence-electron chi connectivity index (χ2n) is 8.17. The van der Waals surface area contributed by atoms with E-state index in [2.05, 4.69) is 29.6 Å². The molecule has 0 saturated carbocycles. The van der Waals surface area contributed by atoms with Gasteiger partial charge >= 0.3 is 5.97 Å². The number of rotatable bonds is 7. The lowest BCUT2D eigenvalue weighted by Crippen LogP contribution is -2.25. The molecule has 0 bridgehead atoms. The Balaban J connectivity index is 2.28. The van der Waals surface area contributed by atoms with E-state index in [1.165, 1.54) is 0 Å². The highest BCUT2D eigenvalue weighted by atomic mass is 16.5. The van der Waals surface area contributed by atoms with Gasteiger partial charge in [-0.05, 0) is 53.2 Å². The molecule has 29 heavy (non-hydrogen) atoms. The van der Waals surface area contributed by atoms with Crippen molar-refractivity contribution in [1.82, 2.24) is 5.32 Å². The largest absolute Gasteiger partial charge is 0.425 e. The first-order valence-electron chi connectivity index (χ1n) is 9.83. The van der Waals surface area contributed by atoms with Crippen LogP contribution < -0.4 is 10.1 Å². The minimum Gasteiger partial charge on any atom is -0.425 e. The summed E-state index contributed by atoms with van der Waals surface area (Å²) >= 11 is 0. The second kappa shape index (κ2) is 8.38. The van der Waals surface area contributed by atoms with E-state index in [9.17, 15) is 9.59 Å². The molecule has 0 fully saturated rings. The predicted molar refractivity (Wildman–Crippen MR) is 119 cm³/mol. The zero-order chi connectivity index (χ0) is 21.2. The van der Waals surface area contributed by atoms with E-state index < -0.39 is 5.41 Å². The Morgan fingerprint density at radius 3 is 2.34 bits per heavy atom. The third kappa shape index (κ3) is 4.51. The molecule has 0 heterocycles. The fraction of sp³-hybridized carbons (Fsp3) is 0.333. The van der Waals surface area contributed by atoms with Gasteiger partial charge in [0.15, 0.2) is 7.85 Å². The van der Waals surface area contributed by atoms with E-state index in [1.807, 2.05) is 39.0 Å². The van der Waals surface area contributed by atoms with E-state index in [-0.39, 0.29) is 24.5 Å². The number of carbonyl (C=O) groups excluding carboxylic acids is 2. The average molecular weight is 387 g/mol. The Labute approximate surface area is 173 Å². The number of ether oxygens (including phenoxy) is 1. The summed E-state index contributed by atoms with van der Waals surface area (Å²) in [4.78, 5) is 24.3. The summed E-state index contributed by atoms with van der Waals surface area (Å²) in [6, 6.07) is 14.3. The maximum Gasteiger partial charge on any atom is 0.312 e. The predicted octanol–water partition coefficient (Wildman–Crippen LogP) is 4.18. The molecule has 5 heteroatoms. The molecule has 0 aliphatic heterocycles. The molecular weight excluding hydrogens is 361 g/mol. The fourth-order valence-corrected chi connectivity index (χ4v) is 4.06. The normalized spacial score (nSPS) is 11.7. The Hall–Kier alpha value is -2.66. The molecule has 0 aliphatic carbocycles. The molecule has 0 atom stereocenters. The summed E-state index contributed by atoms with van der Waals surface area (Å²) in [5.74, 6) is 0.216. The number of carbonyl (C=O) groups is 2. The zero-order valence-corrected chi connectivity index (χ0v) is 17.5. The van der Waals surface area contributed by atoms with Gasteiger partial charge in [0, 0.05) is 23.9 Å². The monoisotopic (exact) mass is 387 g/mol. The first-order valence-corrected chi connectivity index (χ1v) is 9.83. The summed E-state index contributed by atoms with van der Waals surface area (Å²) < 4.78 is 5.93. The van der Waals surface area contributed by atoms with Gasteiger partial charge in [0.25, 0.3) is 0 Å². The molecule has 2 radical (unpaired) electrons. The molecule has 0 aromatic heterocycles. The maximum absolute atomic E-state index is 12.5. The molecule has 148 valence electrons. The van der Waals surface area contributed by atoms with Crippen LogP contribution in [0.5, 0.6) is 5.75 Å². The van der Waals surface area contributed by atoms with Gasteiger partial charge in [-0.2, -0.15) is 0 Å². The van der Waals surface area contributed by atoms with Gasteiger partial charge < -0.3 is 14.8 Å². The van der Waals surface area contributed by atoms with Crippen molar-refractivity contribution in [2.75, 3.05) is 13.6 Å². The standard InChI is InChI=1S/C24H26BNO3/c1-15-11-18-12-16-7-5-6-8-17(16)13-19(18)23(29-21(28)9-10-26-4)22(15)24(2,3)14-20(25)27/h5-8,11-13,26H,9-10,14H2,1-4H3. The minimum atomic E-state index is -0.575. The van der Waals surface area contributed by atoms with Crippen molar-refractivity contribution in [3.8, 4) is 5.75 Å². The summed E-state index contributed by atoms with van der Waals surface area (Å²) in [7, 11) is 7.31. The van der Waals surface area contributed by atoms with Crippen molar-refractivity contribution in [2.45, 2.75) is 39.0 Å². The van der Waals surface area contributed by atoms with Crippen LogP contribution in [0.4, 0.5) is 0 Å². The molecule has 0 saturated heterocycles. The lowest BCUT2D eigenvalue weighted by atomic mass is 9.73. The van der Waals surface area contributed by atoms with Gasteiger partial charge in [0.05, 0.1) is 12.1 Å². The van der Waals surface area contributed by atoms with Gasteiger partial charge in [-0.15, -0.1) is 0 Å². The Morgan fingerprint density at radius 2 is 1.72 bits per heavy atom. The van der Waals surface area contributed by atoms with E-state index >= 15 is 0 Å². The third-order valence-corrected chi connectivity index (χ3v) is 5.24. The highest BCUT2D eigenvalue weighted by Gasteiger charge is 2.30. The molecular formula is C24H26BNO3. The highest BCUT2D eigenvalue weighted by Crippen LogP contribution is 2.43. The van der Waals surface area contributed by atoms with Crippen LogP contribution >= 0.6 is 0 Å². The van der Waals surface area contributed by atoms with Crippen molar-refractivity contribution in [1.29, 1.82) is 0 Å². The average Bonchev–Trinajstić information content (AvgIpc) is 2.63. The van der Waals surface area contributed by atoms with E-state index in [0.29, 0.717) is 12.3 Å². The van der Waals surface area contributed by atoms with Crippen molar-refractivity contribution >= 4 is 41.0 Å². The molecule has 0 aliphatic rings. The van der Waals surface area contributed by atoms with Gasteiger partial charge in [0.2, 0.25) is 0 Å². The van der Waals surface area contributed by atoms with Crippen LogP contribution in [0.25, 0.3) is 21.5 Å². The molecule has 1 N–H and O–H groups in total. The molecule has 0 spiro atoms. The molecule has 3 rings (SSSR count). The molecule has 3 aromatic carbocycles. The number of nitrogens with one attached hydrogen (secondary N) is 1. The number of hydrogen-bond donors (Lipinski definition) is 1. The Kier molecular flexibility index (Phi) is 6.08. The first kappa shape index (κ1) is 21.1.